The fourth-order valence-corrected chi connectivity index (χ4v) is 7.69. The molecule has 0 N–H and O–H groups in total. The summed E-state index contributed by atoms with van der Waals surface area (Å²) in [5.74, 6) is 1.73. The van der Waals surface area contributed by atoms with Crippen LogP contribution >= 0.6 is 0 Å². The molecule has 0 aliphatic heterocycles. The molecule has 0 spiro atoms. The van der Waals surface area contributed by atoms with Crippen LogP contribution in [0.4, 0.5) is 0 Å². The van der Waals surface area contributed by atoms with Gasteiger partial charge in [0.05, 0.1) is 0 Å². The fraction of sp³-hybridized carbons (Fsp3) is 0. The van der Waals surface area contributed by atoms with E-state index in [2.05, 4.69) is 186 Å². The molecule has 0 bridgehead atoms. The van der Waals surface area contributed by atoms with Gasteiger partial charge < -0.3 is 0 Å². The summed E-state index contributed by atoms with van der Waals surface area (Å²) in [6.07, 6.45) is 7.02. The minimum atomic E-state index is 0.576. The molecular weight excluding hydrogens is 731 g/mol. The first-order valence-electron chi connectivity index (χ1n) is 20.0. The van der Waals surface area contributed by atoms with Gasteiger partial charge in [-0.1, -0.05) is 140 Å². The largest absolute Gasteiger partial charge is 0.265 e. The molecule has 5 nitrogen and oxygen atoms in total. The lowest BCUT2D eigenvalue weighted by Crippen LogP contribution is -2.00. The van der Waals surface area contributed by atoms with Gasteiger partial charge in [-0.2, -0.15) is 0 Å². The number of nitrogens with zero attached hydrogens (tertiary/aromatic N) is 5. The summed E-state index contributed by atoms with van der Waals surface area (Å²) in [5.41, 5.74) is 16.3. The van der Waals surface area contributed by atoms with Crippen LogP contribution in [-0.2, 0) is 0 Å². The van der Waals surface area contributed by atoms with E-state index in [0.717, 1.165) is 61.2 Å². The van der Waals surface area contributed by atoms with Crippen molar-refractivity contribution in [2.24, 2.45) is 0 Å². The van der Waals surface area contributed by atoms with Gasteiger partial charge in [-0.05, 0) is 127 Å². The minimum Gasteiger partial charge on any atom is -0.265 e. The topological polar surface area (TPSA) is 64.5 Å². The highest BCUT2D eigenvalue weighted by molar-refractivity contribution is 5.91. The molecular formula is C55H37N5. The first-order chi connectivity index (χ1) is 29.7. The Kier molecular flexibility index (Phi) is 9.88. The van der Waals surface area contributed by atoms with E-state index in [-0.39, 0.29) is 0 Å². The molecule has 7 aromatic carbocycles. The van der Waals surface area contributed by atoms with Gasteiger partial charge in [-0.3, -0.25) is 9.97 Å². The van der Waals surface area contributed by atoms with Gasteiger partial charge in [0.2, 0.25) is 0 Å². The van der Waals surface area contributed by atoms with Gasteiger partial charge >= 0.3 is 0 Å². The second kappa shape index (κ2) is 16.4. The first kappa shape index (κ1) is 36.2. The number of aromatic nitrogens is 5. The Balaban J connectivity index is 1.16. The smallest absolute Gasteiger partial charge is 0.164 e. The lowest BCUT2D eigenvalue weighted by Gasteiger charge is -2.17. The zero-order valence-electron chi connectivity index (χ0n) is 32.6. The van der Waals surface area contributed by atoms with Crippen molar-refractivity contribution in [3.05, 3.63) is 225 Å². The fourth-order valence-electron chi connectivity index (χ4n) is 7.69. The normalized spacial score (nSPS) is 11.0. The van der Waals surface area contributed by atoms with Crippen LogP contribution in [-0.4, -0.2) is 24.9 Å². The number of rotatable bonds is 9. The maximum atomic E-state index is 5.04. The van der Waals surface area contributed by atoms with E-state index in [0.29, 0.717) is 17.5 Å². The summed E-state index contributed by atoms with van der Waals surface area (Å²) in [4.78, 5) is 23.4. The summed E-state index contributed by atoms with van der Waals surface area (Å²) in [5, 5.41) is 0. The van der Waals surface area contributed by atoms with Gasteiger partial charge in [0.15, 0.2) is 17.5 Å². The highest BCUT2D eigenvalue weighted by Crippen LogP contribution is 2.41. The van der Waals surface area contributed by atoms with Crippen molar-refractivity contribution >= 4 is 0 Å². The molecule has 5 heteroatoms. The van der Waals surface area contributed by atoms with Crippen molar-refractivity contribution < 1.29 is 0 Å². The average Bonchev–Trinajstić information content (AvgIpc) is 3.35. The molecule has 0 saturated carbocycles. The monoisotopic (exact) mass is 767 g/mol. The van der Waals surface area contributed by atoms with Crippen LogP contribution in [0.5, 0.6) is 0 Å². The van der Waals surface area contributed by atoms with E-state index in [1.807, 2.05) is 24.3 Å². The van der Waals surface area contributed by atoms with Crippen LogP contribution in [0, 0.1) is 0 Å². The van der Waals surface area contributed by atoms with E-state index in [4.69, 9.17) is 15.0 Å². The third kappa shape index (κ3) is 7.63. The maximum absolute atomic E-state index is 5.04. The van der Waals surface area contributed by atoms with E-state index in [1.54, 1.807) is 24.8 Å². The van der Waals surface area contributed by atoms with Crippen LogP contribution in [0.2, 0.25) is 0 Å². The predicted molar refractivity (Wildman–Crippen MR) is 244 cm³/mol. The third-order valence-electron chi connectivity index (χ3n) is 10.7. The zero-order chi connectivity index (χ0) is 40.1. The van der Waals surface area contributed by atoms with Crippen molar-refractivity contribution in [2.45, 2.75) is 0 Å². The van der Waals surface area contributed by atoms with Gasteiger partial charge in [0, 0.05) is 41.5 Å². The molecule has 0 aliphatic carbocycles. The van der Waals surface area contributed by atoms with Gasteiger partial charge in [-0.15, -0.1) is 0 Å². The minimum absolute atomic E-state index is 0.576. The lowest BCUT2D eigenvalue weighted by molar-refractivity contribution is 1.07. The Labute approximate surface area is 349 Å². The standard InChI is InChI=1S/C55H37N5/c1-4-12-38(13-5-1)43-18-10-20-45(32-43)48-34-49(46-21-11-19-44(33-46)39-14-6-2-7-15-39)36-50(35-48)51-23-22-47(37-52(51)40-16-8-3-9-17-40)55-59-53(41-24-28-56-29-25-41)58-54(60-55)42-26-30-57-31-27-42/h1-37H. The van der Waals surface area contributed by atoms with Gasteiger partial charge in [0.25, 0.3) is 0 Å². The number of pyridine rings is 2. The first-order valence-corrected chi connectivity index (χ1v) is 20.0. The lowest BCUT2D eigenvalue weighted by atomic mass is 9.88. The molecule has 60 heavy (non-hydrogen) atoms. The quantitative estimate of drug-likeness (QED) is 0.146. The molecule has 3 aromatic heterocycles. The van der Waals surface area contributed by atoms with Crippen molar-refractivity contribution in [3.8, 4) is 101 Å². The molecule has 3 heterocycles. The Hall–Kier alpha value is -8.15. The van der Waals surface area contributed by atoms with Gasteiger partial charge in [0.1, 0.15) is 0 Å². The van der Waals surface area contributed by atoms with E-state index >= 15 is 0 Å². The highest BCUT2D eigenvalue weighted by Gasteiger charge is 2.17. The maximum Gasteiger partial charge on any atom is 0.164 e. The molecule has 282 valence electrons. The molecule has 0 radical (unpaired) electrons. The molecule has 10 aromatic rings. The van der Waals surface area contributed by atoms with Crippen molar-refractivity contribution in [2.75, 3.05) is 0 Å². The third-order valence-corrected chi connectivity index (χ3v) is 10.7. The zero-order valence-corrected chi connectivity index (χ0v) is 32.6. The van der Waals surface area contributed by atoms with Crippen molar-refractivity contribution in [3.63, 3.8) is 0 Å². The van der Waals surface area contributed by atoms with E-state index in [1.165, 1.54) is 22.3 Å². The Bertz CT molecular complexity index is 2900. The molecule has 0 saturated heterocycles. The summed E-state index contributed by atoms with van der Waals surface area (Å²) in [7, 11) is 0. The number of hydrogen-bond donors (Lipinski definition) is 0. The molecule has 0 aliphatic rings. The molecule has 0 unspecified atom stereocenters. The van der Waals surface area contributed by atoms with E-state index < -0.39 is 0 Å². The highest BCUT2D eigenvalue weighted by atomic mass is 15.0. The Morgan fingerprint density at radius 3 is 1.03 bits per heavy atom. The second-order valence-corrected chi connectivity index (χ2v) is 14.6. The molecule has 10 rings (SSSR count). The van der Waals surface area contributed by atoms with Crippen molar-refractivity contribution in [1.29, 1.82) is 0 Å². The molecule has 0 atom stereocenters. The molecule has 0 fully saturated rings. The summed E-state index contributed by atoms with van der Waals surface area (Å²) in [6, 6.07) is 70.5. The predicted octanol–water partition coefficient (Wildman–Crippen LogP) is 13.7. The Morgan fingerprint density at radius 2 is 0.567 bits per heavy atom. The number of benzene rings is 7. The molecule has 0 amide bonds. The van der Waals surface area contributed by atoms with Crippen LogP contribution in [0.25, 0.3) is 101 Å². The summed E-state index contributed by atoms with van der Waals surface area (Å²) in [6.45, 7) is 0. The Morgan fingerprint density at radius 1 is 0.200 bits per heavy atom. The van der Waals surface area contributed by atoms with Crippen molar-refractivity contribution in [1.82, 2.24) is 24.9 Å². The van der Waals surface area contributed by atoms with E-state index in [9.17, 15) is 0 Å². The van der Waals surface area contributed by atoms with Crippen LogP contribution in [0.1, 0.15) is 0 Å². The summed E-state index contributed by atoms with van der Waals surface area (Å²) < 4.78 is 0. The van der Waals surface area contributed by atoms with Crippen LogP contribution in [0.3, 0.4) is 0 Å². The van der Waals surface area contributed by atoms with Crippen LogP contribution in [0.15, 0.2) is 225 Å². The number of hydrogen-bond acceptors (Lipinski definition) is 5. The van der Waals surface area contributed by atoms with Crippen LogP contribution < -0.4 is 0 Å². The summed E-state index contributed by atoms with van der Waals surface area (Å²) >= 11 is 0. The SMILES string of the molecule is c1ccc(-c2cccc(-c3cc(-c4cccc(-c5ccccc5)c4)cc(-c4ccc(-c5nc(-c6ccncc6)nc(-c6ccncc6)n5)cc4-c4ccccc4)c3)c2)cc1. The van der Waals surface area contributed by atoms with Gasteiger partial charge in [-0.25, -0.2) is 15.0 Å². The average molecular weight is 768 g/mol. The second-order valence-electron chi connectivity index (χ2n) is 14.6.